The molecule has 0 unspecified atom stereocenters. The summed E-state index contributed by atoms with van der Waals surface area (Å²) in [7, 11) is 0. The normalized spacial score (nSPS) is 19.1. The van der Waals surface area contributed by atoms with Crippen LogP contribution in [-0.2, 0) is 9.53 Å². The molecule has 1 N–H and O–H groups in total. The lowest BCUT2D eigenvalue weighted by molar-refractivity contribution is -0.129. The number of hydrogen-bond donors (Lipinski definition) is 1. The second-order valence-corrected chi connectivity index (χ2v) is 8.00. The van der Waals surface area contributed by atoms with Crippen LogP contribution >= 0.6 is 0 Å². The fourth-order valence-electron chi connectivity index (χ4n) is 4.31. The topological polar surface area (TPSA) is 102 Å². The Balaban J connectivity index is 1.71. The Hall–Kier alpha value is -3.30. The Labute approximate surface area is 198 Å². The molecule has 1 atom stereocenters. The van der Waals surface area contributed by atoms with Gasteiger partial charge in [0.25, 0.3) is 5.91 Å². The second kappa shape index (κ2) is 10.8. The fourth-order valence-corrected chi connectivity index (χ4v) is 4.31. The van der Waals surface area contributed by atoms with Crippen molar-refractivity contribution >= 4 is 11.7 Å². The number of rotatable bonds is 10. The average molecular weight is 471 g/mol. The number of Topliss-reactive ketones (excluding diaryl/α,β-unsaturated/α-hetero) is 1. The number of amides is 1. The Bertz CT molecular complexity index is 1040. The van der Waals surface area contributed by atoms with Gasteiger partial charge in [-0.15, -0.1) is 0 Å². The number of ketones is 1. The lowest BCUT2D eigenvalue weighted by atomic mass is 9.94. The summed E-state index contributed by atoms with van der Waals surface area (Å²) >= 11 is 0. The highest BCUT2D eigenvalue weighted by Gasteiger charge is 2.44. The van der Waals surface area contributed by atoms with Crippen molar-refractivity contribution in [2.45, 2.75) is 19.9 Å². The Morgan fingerprint density at radius 2 is 1.82 bits per heavy atom. The molecule has 1 amide bonds. The van der Waals surface area contributed by atoms with E-state index in [2.05, 4.69) is 4.90 Å². The molecule has 9 nitrogen and oxygen atoms in total. The molecule has 0 spiro atoms. The van der Waals surface area contributed by atoms with Gasteiger partial charge in [-0.05, 0) is 43.7 Å². The molecule has 4 rings (SSSR count). The van der Waals surface area contributed by atoms with Crippen molar-refractivity contribution in [1.82, 2.24) is 9.80 Å². The smallest absolute Gasteiger partial charge is 0.290 e. The van der Waals surface area contributed by atoms with Gasteiger partial charge in [0.1, 0.15) is 0 Å². The van der Waals surface area contributed by atoms with Crippen LogP contribution < -0.4 is 9.47 Å². The maximum Gasteiger partial charge on any atom is 0.290 e. The van der Waals surface area contributed by atoms with E-state index in [0.29, 0.717) is 56.6 Å². The summed E-state index contributed by atoms with van der Waals surface area (Å²) in [5, 5.41) is 10.8. The Kier molecular flexibility index (Phi) is 7.54. The van der Waals surface area contributed by atoms with E-state index in [-0.39, 0.29) is 11.3 Å². The minimum Gasteiger partial charge on any atom is -0.503 e. The van der Waals surface area contributed by atoms with Crippen LogP contribution in [0.1, 0.15) is 36.0 Å². The van der Waals surface area contributed by atoms with Gasteiger partial charge in [-0.1, -0.05) is 6.07 Å². The summed E-state index contributed by atoms with van der Waals surface area (Å²) in [5.41, 5.74) is 0.634. The third-order valence-electron chi connectivity index (χ3n) is 5.94. The highest BCUT2D eigenvalue weighted by molar-refractivity contribution is 6.15. The Morgan fingerprint density at radius 1 is 1.09 bits per heavy atom. The third kappa shape index (κ3) is 4.80. The maximum atomic E-state index is 13.3. The van der Waals surface area contributed by atoms with Gasteiger partial charge in [0.15, 0.2) is 23.0 Å². The quantitative estimate of drug-likeness (QED) is 0.529. The average Bonchev–Trinajstić information content (AvgIpc) is 3.47. The van der Waals surface area contributed by atoms with Crippen LogP contribution in [0.3, 0.4) is 0 Å². The van der Waals surface area contributed by atoms with Crippen LogP contribution in [-0.4, -0.2) is 79.2 Å². The minimum absolute atomic E-state index is 0.00599. The van der Waals surface area contributed by atoms with Gasteiger partial charge in [-0.2, -0.15) is 0 Å². The van der Waals surface area contributed by atoms with E-state index in [9.17, 15) is 14.7 Å². The van der Waals surface area contributed by atoms with Crippen molar-refractivity contribution in [1.29, 1.82) is 0 Å². The molecular formula is C25H30N2O7. The van der Waals surface area contributed by atoms with Gasteiger partial charge in [0.05, 0.1) is 44.3 Å². The van der Waals surface area contributed by atoms with E-state index in [4.69, 9.17) is 18.6 Å². The highest BCUT2D eigenvalue weighted by atomic mass is 16.5. The van der Waals surface area contributed by atoms with Crippen molar-refractivity contribution in [3.8, 4) is 11.5 Å². The van der Waals surface area contributed by atoms with Crippen molar-refractivity contribution < 1.29 is 33.3 Å². The number of ether oxygens (including phenoxy) is 3. The molecule has 2 aromatic rings. The molecule has 182 valence electrons. The first-order chi connectivity index (χ1) is 16.5. The molecule has 1 saturated heterocycles. The van der Waals surface area contributed by atoms with E-state index >= 15 is 0 Å². The largest absolute Gasteiger partial charge is 0.503 e. The summed E-state index contributed by atoms with van der Waals surface area (Å²) in [6, 6.07) is 7.64. The van der Waals surface area contributed by atoms with Gasteiger partial charge in [0, 0.05) is 26.2 Å². The van der Waals surface area contributed by atoms with Gasteiger partial charge >= 0.3 is 0 Å². The zero-order chi connectivity index (χ0) is 24.1. The number of aliphatic hydroxyl groups is 1. The minimum atomic E-state index is -0.791. The summed E-state index contributed by atoms with van der Waals surface area (Å²) in [5.74, 6) is -0.518. The summed E-state index contributed by atoms with van der Waals surface area (Å²) < 4.78 is 22.1. The van der Waals surface area contributed by atoms with Gasteiger partial charge in [-0.25, -0.2) is 0 Å². The number of carbonyl (C=O) groups excluding carboxylic acids is 2. The van der Waals surface area contributed by atoms with Crippen LogP contribution in [0.15, 0.2) is 52.3 Å². The van der Waals surface area contributed by atoms with Crippen molar-refractivity contribution in [2.75, 3.05) is 52.6 Å². The molecule has 9 heteroatoms. The number of morpholine rings is 1. The standard InChI is InChI=1S/C25H30N2O7/c1-3-32-18-8-7-17(16-20(18)33-4-2)22-21(23(28)19-6-5-13-34-19)24(29)25(30)27(22)10-9-26-11-14-31-15-12-26/h5-8,13,16,22,29H,3-4,9-12,14-15H2,1-2H3/t22-/m1/s1. The highest BCUT2D eigenvalue weighted by Crippen LogP contribution is 2.41. The number of carbonyl (C=O) groups is 2. The van der Waals surface area contributed by atoms with Crippen LogP contribution in [0, 0.1) is 0 Å². The molecule has 0 bridgehead atoms. The predicted octanol–water partition coefficient (Wildman–Crippen LogP) is 2.99. The molecule has 1 aromatic carbocycles. The maximum absolute atomic E-state index is 13.3. The van der Waals surface area contributed by atoms with E-state index < -0.39 is 23.5 Å². The van der Waals surface area contributed by atoms with E-state index in [0.717, 1.165) is 13.1 Å². The molecular weight excluding hydrogens is 440 g/mol. The number of hydrogen-bond acceptors (Lipinski definition) is 8. The van der Waals surface area contributed by atoms with Crippen LogP contribution in [0.4, 0.5) is 0 Å². The molecule has 1 fully saturated rings. The fraction of sp³-hybridized carbons (Fsp3) is 0.440. The van der Waals surface area contributed by atoms with Crippen molar-refractivity contribution in [3.63, 3.8) is 0 Å². The van der Waals surface area contributed by atoms with E-state index in [1.54, 1.807) is 24.3 Å². The molecule has 2 aliphatic rings. The molecule has 0 aliphatic carbocycles. The van der Waals surface area contributed by atoms with Crippen molar-refractivity contribution in [3.05, 3.63) is 59.3 Å². The lowest BCUT2D eigenvalue weighted by Gasteiger charge is -2.31. The van der Waals surface area contributed by atoms with Crippen LogP contribution in [0.2, 0.25) is 0 Å². The van der Waals surface area contributed by atoms with Crippen molar-refractivity contribution in [2.24, 2.45) is 0 Å². The number of nitrogens with zero attached hydrogens (tertiary/aromatic N) is 2. The van der Waals surface area contributed by atoms with Gasteiger partial charge < -0.3 is 28.6 Å². The lowest BCUT2D eigenvalue weighted by Crippen LogP contribution is -2.43. The summed E-state index contributed by atoms with van der Waals surface area (Å²) in [4.78, 5) is 30.2. The molecule has 0 radical (unpaired) electrons. The first-order valence-corrected chi connectivity index (χ1v) is 11.6. The number of aliphatic hydroxyl groups excluding tert-OH is 1. The molecule has 0 saturated carbocycles. The SMILES string of the molecule is CCOc1ccc([C@@H]2C(C(=O)c3ccco3)=C(O)C(=O)N2CCN2CCOCC2)cc1OCC. The Morgan fingerprint density at radius 3 is 2.50 bits per heavy atom. The number of benzene rings is 1. The zero-order valence-electron chi connectivity index (χ0n) is 19.5. The molecule has 2 aliphatic heterocycles. The number of furan rings is 1. The molecule has 1 aromatic heterocycles. The third-order valence-corrected chi connectivity index (χ3v) is 5.94. The van der Waals surface area contributed by atoms with Gasteiger partial charge in [0.2, 0.25) is 5.78 Å². The van der Waals surface area contributed by atoms with E-state index in [1.807, 2.05) is 13.8 Å². The summed E-state index contributed by atoms with van der Waals surface area (Å²) in [6.45, 7) is 8.38. The van der Waals surface area contributed by atoms with Crippen LogP contribution in [0.5, 0.6) is 11.5 Å². The van der Waals surface area contributed by atoms with E-state index in [1.165, 1.54) is 17.2 Å². The first-order valence-electron chi connectivity index (χ1n) is 11.6. The monoisotopic (exact) mass is 470 g/mol. The van der Waals surface area contributed by atoms with Crippen LogP contribution in [0.25, 0.3) is 0 Å². The molecule has 3 heterocycles. The summed E-state index contributed by atoms with van der Waals surface area (Å²) in [6.07, 6.45) is 1.39. The second-order valence-electron chi connectivity index (χ2n) is 8.00. The first kappa shape index (κ1) is 23.8. The zero-order valence-corrected chi connectivity index (χ0v) is 19.5. The predicted molar refractivity (Wildman–Crippen MR) is 123 cm³/mol. The van der Waals surface area contributed by atoms with Gasteiger partial charge in [-0.3, -0.25) is 14.5 Å². The molecule has 34 heavy (non-hydrogen) atoms.